The third-order valence-corrected chi connectivity index (χ3v) is 8.39. The van der Waals surface area contributed by atoms with E-state index in [4.69, 9.17) is 0 Å². The predicted molar refractivity (Wildman–Crippen MR) is 104 cm³/mol. The average Bonchev–Trinajstić information content (AvgIpc) is 3.23. The van der Waals surface area contributed by atoms with Gasteiger partial charge in [0.25, 0.3) is 0 Å². The minimum Gasteiger partial charge on any atom is -0.143 e. The Morgan fingerprint density at radius 1 is 0.545 bits per heavy atom. The molecule has 0 aliphatic heterocycles. The maximum atomic E-state index is 2.26. The third kappa shape index (κ3) is 2.50. The SMILES string of the molecule is Cc1ccsc1-c1ccc(-c2ccc(-c3sccc3C)s2)s1. The van der Waals surface area contributed by atoms with Crippen molar-refractivity contribution in [1.29, 1.82) is 0 Å². The molecule has 22 heavy (non-hydrogen) atoms. The maximum Gasteiger partial charge on any atom is 0.0471 e. The summed E-state index contributed by atoms with van der Waals surface area (Å²) < 4.78 is 0. The van der Waals surface area contributed by atoms with Crippen LogP contribution in [0.15, 0.2) is 47.2 Å². The summed E-state index contributed by atoms with van der Waals surface area (Å²) in [5.74, 6) is 0. The number of aryl methyl sites for hydroxylation is 2. The predicted octanol–water partition coefficient (Wildman–Crippen LogP) is 7.55. The van der Waals surface area contributed by atoms with Gasteiger partial charge in [-0.2, -0.15) is 0 Å². The van der Waals surface area contributed by atoms with Crippen molar-refractivity contribution in [3.05, 3.63) is 58.3 Å². The summed E-state index contributed by atoms with van der Waals surface area (Å²) in [7, 11) is 0. The van der Waals surface area contributed by atoms with Gasteiger partial charge in [-0.25, -0.2) is 0 Å². The average molecular weight is 359 g/mol. The first-order valence-corrected chi connectivity index (χ1v) is 10.4. The Kier molecular flexibility index (Phi) is 3.78. The molecule has 110 valence electrons. The van der Waals surface area contributed by atoms with E-state index in [9.17, 15) is 0 Å². The van der Waals surface area contributed by atoms with Gasteiger partial charge in [0.15, 0.2) is 0 Å². The molecule has 0 saturated carbocycles. The van der Waals surface area contributed by atoms with Crippen molar-refractivity contribution < 1.29 is 0 Å². The second-order valence-electron chi connectivity index (χ2n) is 5.19. The lowest BCUT2D eigenvalue weighted by molar-refractivity contribution is 1.56. The van der Waals surface area contributed by atoms with E-state index in [1.807, 2.05) is 45.3 Å². The summed E-state index contributed by atoms with van der Waals surface area (Å²) in [5, 5.41) is 4.35. The van der Waals surface area contributed by atoms with Crippen LogP contribution in [0.25, 0.3) is 29.3 Å². The Bertz CT molecular complexity index is 840. The van der Waals surface area contributed by atoms with Crippen molar-refractivity contribution in [2.75, 3.05) is 0 Å². The first-order valence-electron chi connectivity index (χ1n) is 7.01. The monoisotopic (exact) mass is 358 g/mol. The second-order valence-corrected chi connectivity index (χ2v) is 9.19. The molecule has 0 nitrogen and oxygen atoms in total. The van der Waals surface area contributed by atoms with Gasteiger partial charge in [0.05, 0.1) is 0 Å². The van der Waals surface area contributed by atoms with E-state index < -0.39 is 0 Å². The van der Waals surface area contributed by atoms with Gasteiger partial charge in [-0.1, -0.05) is 0 Å². The molecule has 0 radical (unpaired) electrons. The van der Waals surface area contributed by atoms with Crippen LogP contribution in [-0.4, -0.2) is 0 Å². The van der Waals surface area contributed by atoms with Crippen LogP contribution in [0, 0.1) is 13.8 Å². The van der Waals surface area contributed by atoms with Crippen LogP contribution in [0.5, 0.6) is 0 Å². The molecule has 0 N–H and O–H groups in total. The molecule has 4 rings (SSSR count). The van der Waals surface area contributed by atoms with Crippen LogP contribution < -0.4 is 0 Å². The largest absolute Gasteiger partial charge is 0.143 e. The maximum absolute atomic E-state index is 2.26. The van der Waals surface area contributed by atoms with E-state index in [1.165, 1.54) is 40.4 Å². The molecule has 4 aromatic rings. The van der Waals surface area contributed by atoms with Crippen molar-refractivity contribution in [2.45, 2.75) is 13.8 Å². The molecule has 0 fully saturated rings. The molecule has 0 amide bonds. The zero-order valence-corrected chi connectivity index (χ0v) is 15.5. The first kappa shape index (κ1) is 14.4. The Hall–Kier alpha value is -1.20. The number of hydrogen-bond donors (Lipinski definition) is 0. The summed E-state index contributed by atoms with van der Waals surface area (Å²) in [6, 6.07) is 13.4. The molecule has 4 aromatic heterocycles. The van der Waals surface area contributed by atoms with Crippen LogP contribution in [0.2, 0.25) is 0 Å². The van der Waals surface area contributed by atoms with Crippen molar-refractivity contribution >= 4 is 45.3 Å². The quantitative estimate of drug-likeness (QED) is 0.354. The standard InChI is InChI=1S/C18H14S4/c1-11-7-9-19-17(11)15-5-3-13(21-15)14-4-6-16(22-14)18-12(2)8-10-20-18/h3-10H,1-2H3. The van der Waals surface area contributed by atoms with Crippen LogP contribution in [0.1, 0.15) is 11.1 Å². The van der Waals surface area contributed by atoms with Gasteiger partial charge in [0.1, 0.15) is 0 Å². The lowest BCUT2D eigenvalue weighted by Crippen LogP contribution is -1.66. The van der Waals surface area contributed by atoms with Crippen molar-refractivity contribution in [1.82, 2.24) is 0 Å². The summed E-state index contributed by atoms with van der Waals surface area (Å²) in [6.45, 7) is 4.38. The van der Waals surface area contributed by atoms with Gasteiger partial charge < -0.3 is 0 Å². The fraction of sp³-hybridized carbons (Fsp3) is 0.111. The fourth-order valence-corrected chi connectivity index (χ4v) is 6.78. The highest BCUT2D eigenvalue weighted by Gasteiger charge is 2.12. The van der Waals surface area contributed by atoms with Crippen molar-refractivity contribution in [3.63, 3.8) is 0 Å². The summed E-state index contributed by atoms with van der Waals surface area (Å²) in [6.07, 6.45) is 0. The van der Waals surface area contributed by atoms with Gasteiger partial charge in [-0.15, -0.1) is 45.3 Å². The molecular formula is C18H14S4. The van der Waals surface area contributed by atoms with Crippen LogP contribution >= 0.6 is 45.3 Å². The normalized spacial score (nSPS) is 11.2. The molecule has 4 heteroatoms. The topological polar surface area (TPSA) is 0 Å². The molecule has 0 aliphatic carbocycles. The highest BCUT2D eigenvalue weighted by atomic mass is 32.1. The summed E-state index contributed by atoms with van der Waals surface area (Å²) in [4.78, 5) is 8.31. The van der Waals surface area contributed by atoms with Gasteiger partial charge in [-0.3, -0.25) is 0 Å². The molecule has 0 aromatic carbocycles. The van der Waals surface area contributed by atoms with Crippen molar-refractivity contribution in [2.24, 2.45) is 0 Å². The Labute approximate surface area is 146 Å². The minimum absolute atomic E-state index is 1.37. The highest BCUT2D eigenvalue weighted by molar-refractivity contribution is 7.28. The van der Waals surface area contributed by atoms with Gasteiger partial charge in [0, 0.05) is 29.3 Å². The zero-order chi connectivity index (χ0) is 15.1. The Morgan fingerprint density at radius 2 is 0.955 bits per heavy atom. The van der Waals surface area contributed by atoms with Gasteiger partial charge in [-0.05, 0) is 72.1 Å². The van der Waals surface area contributed by atoms with E-state index in [0.717, 1.165) is 0 Å². The Morgan fingerprint density at radius 3 is 1.32 bits per heavy atom. The molecule has 0 aliphatic rings. The lowest BCUT2D eigenvalue weighted by Gasteiger charge is -1.95. The van der Waals surface area contributed by atoms with Gasteiger partial charge in [0.2, 0.25) is 0 Å². The molecule has 0 bridgehead atoms. The Balaban J connectivity index is 1.69. The van der Waals surface area contributed by atoms with E-state index >= 15 is 0 Å². The zero-order valence-electron chi connectivity index (χ0n) is 12.3. The summed E-state index contributed by atoms with van der Waals surface area (Å²) in [5.41, 5.74) is 2.75. The minimum atomic E-state index is 1.37. The highest BCUT2D eigenvalue weighted by Crippen LogP contribution is 2.43. The van der Waals surface area contributed by atoms with E-state index in [0.29, 0.717) is 0 Å². The third-order valence-electron chi connectivity index (χ3n) is 3.63. The number of rotatable bonds is 3. The lowest BCUT2D eigenvalue weighted by atomic mass is 10.2. The van der Waals surface area contributed by atoms with Crippen LogP contribution in [0.4, 0.5) is 0 Å². The first-order chi connectivity index (χ1) is 10.7. The molecule has 0 saturated heterocycles. The van der Waals surface area contributed by atoms with Crippen LogP contribution in [-0.2, 0) is 0 Å². The molecule has 0 unspecified atom stereocenters. The fourth-order valence-electron chi connectivity index (χ4n) is 2.44. The smallest absolute Gasteiger partial charge is 0.0471 e. The van der Waals surface area contributed by atoms with E-state index in [1.54, 1.807) is 0 Å². The molecular weight excluding hydrogens is 344 g/mol. The number of hydrogen-bond acceptors (Lipinski definition) is 4. The summed E-state index contributed by atoms with van der Waals surface area (Å²) >= 11 is 7.46. The molecule has 0 atom stereocenters. The van der Waals surface area contributed by atoms with Crippen LogP contribution in [0.3, 0.4) is 0 Å². The molecule has 0 spiro atoms. The van der Waals surface area contributed by atoms with E-state index in [-0.39, 0.29) is 0 Å². The van der Waals surface area contributed by atoms with E-state index in [2.05, 4.69) is 61.0 Å². The number of thiophene rings is 4. The van der Waals surface area contributed by atoms with Crippen molar-refractivity contribution in [3.8, 4) is 29.3 Å². The van der Waals surface area contributed by atoms with Gasteiger partial charge >= 0.3 is 0 Å². The second kappa shape index (κ2) is 5.78. The molecule has 4 heterocycles.